The molecule has 0 bridgehead atoms. The van der Waals surface area contributed by atoms with Gasteiger partial charge >= 0.3 is 6.18 Å². The maximum absolute atomic E-state index is 12.7. The molecule has 2 amide bonds. The molecule has 2 aliphatic rings. The average molecular weight is 348 g/mol. The van der Waals surface area contributed by atoms with E-state index in [-0.39, 0.29) is 36.6 Å². The third kappa shape index (κ3) is 5.38. The van der Waals surface area contributed by atoms with Gasteiger partial charge in [0.25, 0.3) is 0 Å². The molecule has 0 aromatic heterocycles. The van der Waals surface area contributed by atoms with E-state index in [1.165, 1.54) is 0 Å². The lowest BCUT2D eigenvalue weighted by Crippen LogP contribution is -2.49. The van der Waals surface area contributed by atoms with Crippen LogP contribution in [-0.2, 0) is 9.59 Å². The number of alkyl halides is 3. The molecular formula is C17H27F3N2O2. The summed E-state index contributed by atoms with van der Waals surface area (Å²) in [5.41, 5.74) is 0. The van der Waals surface area contributed by atoms with Crippen molar-refractivity contribution in [1.29, 1.82) is 0 Å². The molecule has 1 aliphatic heterocycles. The number of nitrogens with one attached hydrogen (secondary N) is 1. The zero-order valence-electron chi connectivity index (χ0n) is 14.2. The predicted molar refractivity (Wildman–Crippen MR) is 84.2 cm³/mol. The zero-order valence-corrected chi connectivity index (χ0v) is 14.2. The zero-order chi connectivity index (χ0) is 17.7. The van der Waals surface area contributed by atoms with Gasteiger partial charge in [-0.05, 0) is 44.4 Å². The van der Waals surface area contributed by atoms with Gasteiger partial charge in [-0.3, -0.25) is 9.59 Å². The van der Waals surface area contributed by atoms with Gasteiger partial charge in [-0.15, -0.1) is 0 Å². The number of rotatable bonds is 4. The number of hydrogen-bond acceptors (Lipinski definition) is 2. The second kappa shape index (κ2) is 8.21. The van der Waals surface area contributed by atoms with Crippen molar-refractivity contribution in [2.24, 2.45) is 11.8 Å². The molecule has 1 aliphatic carbocycles. The van der Waals surface area contributed by atoms with Crippen LogP contribution >= 0.6 is 0 Å². The van der Waals surface area contributed by atoms with E-state index in [2.05, 4.69) is 5.32 Å². The van der Waals surface area contributed by atoms with Crippen LogP contribution in [0.5, 0.6) is 0 Å². The molecule has 24 heavy (non-hydrogen) atoms. The molecule has 2 rings (SSSR count). The van der Waals surface area contributed by atoms with Crippen molar-refractivity contribution in [2.45, 2.75) is 70.5 Å². The first-order chi connectivity index (χ1) is 11.3. The van der Waals surface area contributed by atoms with Crippen LogP contribution in [0, 0.1) is 11.8 Å². The monoisotopic (exact) mass is 348 g/mol. The van der Waals surface area contributed by atoms with Crippen LogP contribution in [0.3, 0.4) is 0 Å². The quantitative estimate of drug-likeness (QED) is 0.848. The van der Waals surface area contributed by atoms with Gasteiger partial charge < -0.3 is 10.2 Å². The van der Waals surface area contributed by atoms with Gasteiger partial charge in [-0.2, -0.15) is 13.2 Å². The number of piperidine rings is 1. The van der Waals surface area contributed by atoms with Crippen molar-refractivity contribution >= 4 is 11.8 Å². The Morgan fingerprint density at radius 2 is 1.79 bits per heavy atom. The summed E-state index contributed by atoms with van der Waals surface area (Å²) < 4.78 is 38.1. The SMILES string of the molecule is CCC(=O)N[C@H]1CCCN(C(=O)CC2CCC(C(F)(F)F)CC2)C1. The second-order valence-electron chi connectivity index (χ2n) is 7.06. The lowest BCUT2D eigenvalue weighted by atomic mass is 9.80. The molecule has 1 atom stereocenters. The highest BCUT2D eigenvalue weighted by atomic mass is 19.4. The van der Waals surface area contributed by atoms with Crippen molar-refractivity contribution in [3.63, 3.8) is 0 Å². The van der Waals surface area contributed by atoms with Gasteiger partial charge in [0, 0.05) is 32.0 Å². The summed E-state index contributed by atoms with van der Waals surface area (Å²) in [7, 11) is 0. The van der Waals surface area contributed by atoms with Gasteiger partial charge in [0.05, 0.1) is 5.92 Å². The Kier molecular flexibility index (Phi) is 6.52. The number of nitrogens with zero attached hydrogens (tertiary/aromatic N) is 1. The summed E-state index contributed by atoms with van der Waals surface area (Å²) in [4.78, 5) is 25.7. The normalized spacial score (nSPS) is 28.5. The van der Waals surface area contributed by atoms with Crippen LogP contribution < -0.4 is 5.32 Å². The van der Waals surface area contributed by atoms with Crippen molar-refractivity contribution < 1.29 is 22.8 Å². The topological polar surface area (TPSA) is 49.4 Å². The van der Waals surface area contributed by atoms with Crippen LogP contribution in [0.15, 0.2) is 0 Å². The number of halogens is 3. The Balaban J connectivity index is 1.77. The first kappa shape index (κ1) is 19.1. The standard InChI is InChI=1S/C17H27F3N2O2/c1-2-15(23)21-14-4-3-9-22(11-14)16(24)10-12-5-7-13(8-6-12)17(18,19)20/h12-14H,2-11H2,1H3,(H,21,23)/t12?,13?,14-/m0/s1. The number of carbonyl (C=O) groups is 2. The lowest BCUT2D eigenvalue weighted by Gasteiger charge is -2.35. The predicted octanol–water partition coefficient (Wildman–Crippen LogP) is 3.26. The minimum Gasteiger partial charge on any atom is -0.352 e. The van der Waals surface area contributed by atoms with E-state index in [1.54, 1.807) is 11.8 Å². The smallest absolute Gasteiger partial charge is 0.352 e. The third-order valence-electron chi connectivity index (χ3n) is 5.23. The molecule has 138 valence electrons. The fraction of sp³-hybridized carbons (Fsp3) is 0.882. The molecule has 4 nitrogen and oxygen atoms in total. The number of amides is 2. The van der Waals surface area contributed by atoms with E-state index in [0.717, 1.165) is 12.8 Å². The van der Waals surface area contributed by atoms with E-state index >= 15 is 0 Å². The molecule has 0 unspecified atom stereocenters. The highest BCUT2D eigenvalue weighted by molar-refractivity contribution is 5.77. The van der Waals surface area contributed by atoms with Gasteiger partial charge in [0.1, 0.15) is 0 Å². The highest BCUT2D eigenvalue weighted by Crippen LogP contribution is 2.40. The summed E-state index contributed by atoms with van der Waals surface area (Å²) in [5, 5.41) is 2.92. The number of carbonyl (C=O) groups excluding carboxylic acids is 2. The van der Waals surface area contributed by atoms with E-state index in [4.69, 9.17) is 0 Å². The van der Waals surface area contributed by atoms with Gasteiger partial charge in [-0.1, -0.05) is 6.92 Å². The maximum atomic E-state index is 12.7. The first-order valence-electron chi connectivity index (χ1n) is 8.93. The number of likely N-dealkylation sites (tertiary alicyclic amines) is 1. The maximum Gasteiger partial charge on any atom is 0.391 e. The van der Waals surface area contributed by atoms with Crippen molar-refractivity contribution in [3.05, 3.63) is 0 Å². The molecular weight excluding hydrogens is 321 g/mol. The minimum atomic E-state index is -4.10. The van der Waals surface area contributed by atoms with Crippen molar-refractivity contribution in [2.75, 3.05) is 13.1 Å². The summed E-state index contributed by atoms with van der Waals surface area (Å²) in [5.74, 6) is -1.14. The molecule has 0 radical (unpaired) electrons. The average Bonchev–Trinajstić information content (AvgIpc) is 2.54. The van der Waals surface area contributed by atoms with Gasteiger partial charge in [0.2, 0.25) is 11.8 Å². The molecule has 1 heterocycles. The molecule has 0 aromatic rings. The van der Waals surface area contributed by atoms with Crippen LogP contribution in [0.4, 0.5) is 13.2 Å². The van der Waals surface area contributed by atoms with Crippen LogP contribution in [0.25, 0.3) is 0 Å². The molecule has 1 saturated heterocycles. The number of hydrogen-bond donors (Lipinski definition) is 1. The molecule has 1 saturated carbocycles. The van der Waals surface area contributed by atoms with Gasteiger partial charge in [0.15, 0.2) is 0 Å². The lowest BCUT2D eigenvalue weighted by molar-refractivity contribution is -0.184. The fourth-order valence-corrected chi connectivity index (χ4v) is 3.72. The summed E-state index contributed by atoms with van der Waals surface area (Å²) in [6, 6.07) is -0.00360. The highest BCUT2D eigenvalue weighted by Gasteiger charge is 2.41. The van der Waals surface area contributed by atoms with E-state index < -0.39 is 12.1 Å². The third-order valence-corrected chi connectivity index (χ3v) is 5.23. The van der Waals surface area contributed by atoms with Crippen LogP contribution in [0.2, 0.25) is 0 Å². The summed E-state index contributed by atoms with van der Waals surface area (Å²) in [6.07, 6.45) is -0.418. The minimum absolute atomic E-state index is 0.00360. The Hall–Kier alpha value is -1.27. The molecule has 1 N–H and O–H groups in total. The Bertz CT molecular complexity index is 446. The van der Waals surface area contributed by atoms with Gasteiger partial charge in [-0.25, -0.2) is 0 Å². The van der Waals surface area contributed by atoms with Crippen molar-refractivity contribution in [3.8, 4) is 0 Å². The Morgan fingerprint density at radius 3 is 2.38 bits per heavy atom. The van der Waals surface area contributed by atoms with E-state index in [0.29, 0.717) is 38.8 Å². The van der Waals surface area contributed by atoms with Crippen LogP contribution in [0.1, 0.15) is 58.3 Å². The molecule has 2 fully saturated rings. The molecule has 7 heteroatoms. The van der Waals surface area contributed by atoms with Crippen molar-refractivity contribution in [1.82, 2.24) is 10.2 Å². The molecule has 0 aromatic carbocycles. The molecule has 0 spiro atoms. The van der Waals surface area contributed by atoms with E-state index in [1.807, 2.05) is 0 Å². The first-order valence-corrected chi connectivity index (χ1v) is 8.93. The summed E-state index contributed by atoms with van der Waals surface area (Å²) >= 11 is 0. The Morgan fingerprint density at radius 1 is 1.12 bits per heavy atom. The summed E-state index contributed by atoms with van der Waals surface area (Å²) in [6.45, 7) is 2.98. The van der Waals surface area contributed by atoms with E-state index in [9.17, 15) is 22.8 Å². The Labute approximate surface area is 141 Å². The fourth-order valence-electron chi connectivity index (χ4n) is 3.72. The van der Waals surface area contributed by atoms with Crippen LogP contribution in [-0.4, -0.2) is 42.0 Å². The second-order valence-corrected chi connectivity index (χ2v) is 7.06. The largest absolute Gasteiger partial charge is 0.391 e.